The highest BCUT2D eigenvalue weighted by atomic mass is 15.3. The molecule has 0 unspecified atom stereocenters. The quantitative estimate of drug-likeness (QED) is 0.790. The van der Waals surface area contributed by atoms with Gasteiger partial charge in [-0.25, -0.2) is 0 Å². The maximum atomic E-state index is 4.60. The SMILES string of the molecule is Cc1cc(C)n(CCCN2CC[C@]3(CCCN(CC4CCC4)C3)C2)n1. The molecule has 1 aromatic heterocycles. The first-order valence-corrected chi connectivity index (χ1v) is 10.6. The van der Waals surface area contributed by atoms with Crippen molar-refractivity contribution < 1.29 is 0 Å². The molecule has 1 atom stereocenters. The molecule has 1 spiro atoms. The summed E-state index contributed by atoms with van der Waals surface area (Å²) >= 11 is 0. The third kappa shape index (κ3) is 4.11. The molecule has 3 fully saturated rings. The van der Waals surface area contributed by atoms with Gasteiger partial charge >= 0.3 is 0 Å². The molecular formula is C21H36N4. The fourth-order valence-corrected chi connectivity index (χ4v) is 5.40. The molecule has 0 N–H and O–H groups in total. The topological polar surface area (TPSA) is 24.3 Å². The van der Waals surface area contributed by atoms with E-state index in [9.17, 15) is 0 Å². The smallest absolute Gasteiger partial charge is 0.0596 e. The van der Waals surface area contributed by atoms with E-state index in [-0.39, 0.29) is 0 Å². The van der Waals surface area contributed by atoms with Crippen LogP contribution in [0.25, 0.3) is 0 Å². The first-order chi connectivity index (χ1) is 12.1. The molecule has 4 rings (SSSR count). The van der Waals surface area contributed by atoms with Crippen LogP contribution in [0, 0.1) is 25.2 Å². The fourth-order valence-electron chi connectivity index (χ4n) is 5.40. The molecule has 0 radical (unpaired) electrons. The fraction of sp³-hybridized carbons (Fsp3) is 0.857. The summed E-state index contributed by atoms with van der Waals surface area (Å²) in [5, 5.41) is 4.60. The first-order valence-electron chi connectivity index (χ1n) is 10.6. The molecule has 3 heterocycles. The van der Waals surface area contributed by atoms with Crippen molar-refractivity contribution in [1.82, 2.24) is 19.6 Å². The Morgan fingerprint density at radius 3 is 2.60 bits per heavy atom. The van der Waals surface area contributed by atoms with Gasteiger partial charge in [0.2, 0.25) is 0 Å². The molecule has 2 saturated heterocycles. The second kappa shape index (κ2) is 7.40. The van der Waals surface area contributed by atoms with Crippen molar-refractivity contribution in [3.63, 3.8) is 0 Å². The summed E-state index contributed by atoms with van der Waals surface area (Å²) in [5.74, 6) is 1.02. The highest BCUT2D eigenvalue weighted by Crippen LogP contribution is 2.40. The van der Waals surface area contributed by atoms with Crippen LogP contribution >= 0.6 is 0 Å². The molecule has 1 aliphatic carbocycles. The molecule has 1 saturated carbocycles. The largest absolute Gasteiger partial charge is 0.303 e. The normalized spacial score (nSPS) is 28.7. The van der Waals surface area contributed by atoms with Gasteiger partial charge in [-0.15, -0.1) is 0 Å². The lowest BCUT2D eigenvalue weighted by atomic mass is 9.78. The van der Waals surface area contributed by atoms with E-state index in [1.54, 1.807) is 0 Å². The van der Waals surface area contributed by atoms with Crippen molar-refractivity contribution in [3.05, 3.63) is 17.5 Å². The molecule has 4 nitrogen and oxygen atoms in total. The van der Waals surface area contributed by atoms with Gasteiger partial charge in [-0.1, -0.05) is 6.42 Å². The number of likely N-dealkylation sites (tertiary alicyclic amines) is 2. The van der Waals surface area contributed by atoms with E-state index in [1.807, 2.05) is 0 Å². The highest BCUT2D eigenvalue weighted by Gasteiger charge is 2.41. The first kappa shape index (κ1) is 17.5. The molecular weight excluding hydrogens is 308 g/mol. The molecule has 25 heavy (non-hydrogen) atoms. The Bertz CT molecular complexity index is 576. The lowest BCUT2D eigenvalue weighted by Crippen LogP contribution is -2.47. The van der Waals surface area contributed by atoms with Crippen molar-refractivity contribution in [2.24, 2.45) is 11.3 Å². The predicted octanol–water partition coefficient (Wildman–Crippen LogP) is 3.48. The van der Waals surface area contributed by atoms with Crippen LogP contribution in [0.5, 0.6) is 0 Å². The van der Waals surface area contributed by atoms with Gasteiger partial charge in [0, 0.05) is 31.9 Å². The zero-order valence-electron chi connectivity index (χ0n) is 16.3. The van der Waals surface area contributed by atoms with Crippen molar-refractivity contribution in [2.45, 2.75) is 65.3 Å². The van der Waals surface area contributed by atoms with Gasteiger partial charge < -0.3 is 9.80 Å². The molecule has 140 valence electrons. The van der Waals surface area contributed by atoms with E-state index in [2.05, 4.69) is 39.5 Å². The van der Waals surface area contributed by atoms with Crippen LogP contribution in [0.2, 0.25) is 0 Å². The van der Waals surface area contributed by atoms with Gasteiger partial charge in [-0.2, -0.15) is 5.10 Å². The molecule has 0 bridgehead atoms. The number of hydrogen-bond donors (Lipinski definition) is 0. The Morgan fingerprint density at radius 2 is 1.88 bits per heavy atom. The number of rotatable bonds is 6. The highest BCUT2D eigenvalue weighted by molar-refractivity contribution is 5.06. The Kier molecular flexibility index (Phi) is 5.19. The summed E-state index contributed by atoms with van der Waals surface area (Å²) in [6.07, 6.45) is 9.99. The van der Waals surface area contributed by atoms with Crippen LogP contribution in [0.4, 0.5) is 0 Å². The second-order valence-electron chi connectivity index (χ2n) is 9.17. The molecule has 4 heteroatoms. The van der Waals surface area contributed by atoms with Crippen molar-refractivity contribution in [2.75, 3.05) is 39.3 Å². The van der Waals surface area contributed by atoms with E-state index in [0.29, 0.717) is 5.41 Å². The van der Waals surface area contributed by atoms with Gasteiger partial charge in [-0.3, -0.25) is 4.68 Å². The maximum Gasteiger partial charge on any atom is 0.0596 e. The second-order valence-corrected chi connectivity index (χ2v) is 9.17. The van der Waals surface area contributed by atoms with Gasteiger partial charge in [0.05, 0.1) is 5.69 Å². The van der Waals surface area contributed by atoms with Crippen LogP contribution in [-0.2, 0) is 6.54 Å². The monoisotopic (exact) mass is 344 g/mol. The van der Waals surface area contributed by atoms with Crippen LogP contribution in [0.1, 0.15) is 56.3 Å². The summed E-state index contributed by atoms with van der Waals surface area (Å²) in [7, 11) is 0. The molecule has 3 aliphatic rings. The van der Waals surface area contributed by atoms with E-state index in [0.717, 1.165) is 18.2 Å². The molecule has 1 aromatic rings. The van der Waals surface area contributed by atoms with Gasteiger partial charge in [-0.05, 0) is 89.4 Å². The van der Waals surface area contributed by atoms with E-state index in [4.69, 9.17) is 0 Å². The third-order valence-electron chi connectivity index (χ3n) is 6.95. The Labute approximate surface area is 153 Å². The summed E-state index contributed by atoms with van der Waals surface area (Å²) in [6, 6.07) is 2.18. The maximum absolute atomic E-state index is 4.60. The van der Waals surface area contributed by atoms with Crippen LogP contribution in [0.3, 0.4) is 0 Å². The zero-order valence-corrected chi connectivity index (χ0v) is 16.3. The van der Waals surface area contributed by atoms with E-state index < -0.39 is 0 Å². The standard InChI is InChI=1S/C21H36N4/c1-18-14-19(2)25(22-18)12-5-11-23-13-9-21(16-23)8-4-10-24(17-21)15-20-6-3-7-20/h14,20H,3-13,15-17H2,1-2H3/t21-/m1/s1. The zero-order chi connectivity index (χ0) is 17.3. The average Bonchev–Trinajstić information content (AvgIpc) is 3.07. The number of hydrogen-bond acceptors (Lipinski definition) is 3. The predicted molar refractivity (Wildman–Crippen MR) is 103 cm³/mol. The van der Waals surface area contributed by atoms with E-state index >= 15 is 0 Å². The Hall–Kier alpha value is -0.870. The van der Waals surface area contributed by atoms with Crippen molar-refractivity contribution >= 4 is 0 Å². The minimum Gasteiger partial charge on any atom is -0.303 e. The average molecular weight is 345 g/mol. The Balaban J connectivity index is 1.23. The lowest BCUT2D eigenvalue weighted by Gasteiger charge is -2.43. The van der Waals surface area contributed by atoms with Crippen LogP contribution < -0.4 is 0 Å². The minimum atomic E-state index is 0.611. The number of aryl methyl sites for hydroxylation is 3. The minimum absolute atomic E-state index is 0.611. The van der Waals surface area contributed by atoms with Crippen LogP contribution in [-0.4, -0.2) is 58.8 Å². The molecule has 0 aromatic carbocycles. The number of aromatic nitrogens is 2. The van der Waals surface area contributed by atoms with Gasteiger partial charge in [0.15, 0.2) is 0 Å². The molecule has 2 aliphatic heterocycles. The van der Waals surface area contributed by atoms with Gasteiger partial charge in [0.1, 0.15) is 0 Å². The van der Waals surface area contributed by atoms with Crippen molar-refractivity contribution in [1.29, 1.82) is 0 Å². The summed E-state index contributed by atoms with van der Waals surface area (Å²) < 4.78 is 2.18. The summed E-state index contributed by atoms with van der Waals surface area (Å²) in [5.41, 5.74) is 3.06. The molecule has 0 amide bonds. The number of piperidine rings is 1. The number of nitrogens with zero attached hydrogens (tertiary/aromatic N) is 4. The van der Waals surface area contributed by atoms with Gasteiger partial charge in [0.25, 0.3) is 0 Å². The lowest BCUT2D eigenvalue weighted by molar-refractivity contribution is 0.0672. The third-order valence-corrected chi connectivity index (χ3v) is 6.95. The van der Waals surface area contributed by atoms with Crippen molar-refractivity contribution in [3.8, 4) is 0 Å². The summed E-state index contributed by atoms with van der Waals surface area (Å²) in [6.45, 7) is 13.3. The Morgan fingerprint density at radius 1 is 1.04 bits per heavy atom. The van der Waals surface area contributed by atoms with Crippen LogP contribution in [0.15, 0.2) is 6.07 Å². The summed E-state index contributed by atoms with van der Waals surface area (Å²) in [4.78, 5) is 5.55. The van der Waals surface area contributed by atoms with E-state index in [1.165, 1.54) is 89.9 Å².